The highest BCUT2D eigenvalue weighted by Crippen LogP contribution is 2.27. The van der Waals surface area contributed by atoms with E-state index in [-0.39, 0.29) is 5.91 Å². The van der Waals surface area contributed by atoms with Gasteiger partial charge in [-0.2, -0.15) is 0 Å². The highest BCUT2D eigenvalue weighted by molar-refractivity contribution is 5.79. The Morgan fingerprint density at radius 1 is 1.11 bits per heavy atom. The van der Waals surface area contributed by atoms with Crippen LogP contribution in [0.3, 0.4) is 0 Å². The van der Waals surface area contributed by atoms with E-state index in [0.717, 1.165) is 5.56 Å². The van der Waals surface area contributed by atoms with Crippen molar-refractivity contribution in [1.82, 2.24) is 4.57 Å². The van der Waals surface area contributed by atoms with Gasteiger partial charge in [-0.05, 0) is 36.2 Å². The SMILES string of the molecule is COc1ccc(CCC(=O)n2cccc2)cc1OC. The largest absolute Gasteiger partial charge is 0.493 e. The van der Waals surface area contributed by atoms with E-state index < -0.39 is 0 Å². The molecule has 0 aliphatic carbocycles. The van der Waals surface area contributed by atoms with Gasteiger partial charge in [0.2, 0.25) is 5.91 Å². The Hall–Kier alpha value is -2.23. The van der Waals surface area contributed by atoms with Crippen molar-refractivity contribution in [1.29, 1.82) is 0 Å². The summed E-state index contributed by atoms with van der Waals surface area (Å²) in [5, 5.41) is 0. The van der Waals surface area contributed by atoms with Crippen molar-refractivity contribution in [2.24, 2.45) is 0 Å². The lowest BCUT2D eigenvalue weighted by Gasteiger charge is -2.09. The second-order valence-corrected chi connectivity index (χ2v) is 4.17. The van der Waals surface area contributed by atoms with Crippen molar-refractivity contribution in [2.75, 3.05) is 14.2 Å². The second kappa shape index (κ2) is 6.09. The third-order valence-electron chi connectivity index (χ3n) is 2.97. The van der Waals surface area contributed by atoms with E-state index in [1.165, 1.54) is 0 Å². The molecular formula is C15H17NO3. The molecular weight excluding hydrogens is 242 g/mol. The molecule has 2 aromatic rings. The number of benzene rings is 1. The lowest BCUT2D eigenvalue weighted by Crippen LogP contribution is -2.08. The summed E-state index contributed by atoms with van der Waals surface area (Å²) in [7, 11) is 3.21. The van der Waals surface area contributed by atoms with Crippen molar-refractivity contribution in [3.8, 4) is 11.5 Å². The van der Waals surface area contributed by atoms with Gasteiger partial charge >= 0.3 is 0 Å². The van der Waals surface area contributed by atoms with E-state index in [1.54, 1.807) is 31.2 Å². The minimum Gasteiger partial charge on any atom is -0.493 e. The Kier molecular flexibility index (Phi) is 4.23. The topological polar surface area (TPSA) is 40.5 Å². The Labute approximate surface area is 112 Å². The molecule has 0 aliphatic rings. The number of methoxy groups -OCH3 is 2. The zero-order valence-corrected chi connectivity index (χ0v) is 11.1. The lowest BCUT2D eigenvalue weighted by atomic mass is 10.1. The molecule has 0 saturated carbocycles. The summed E-state index contributed by atoms with van der Waals surface area (Å²) in [6, 6.07) is 9.39. The van der Waals surface area contributed by atoms with Gasteiger partial charge in [-0.15, -0.1) is 0 Å². The monoisotopic (exact) mass is 259 g/mol. The molecule has 0 unspecified atom stereocenters. The zero-order chi connectivity index (χ0) is 13.7. The van der Waals surface area contributed by atoms with Crippen LogP contribution in [0.2, 0.25) is 0 Å². The molecule has 0 bridgehead atoms. The molecule has 0 aliphatic heterocycles. The maximum Gasteiger partial charge on any atom is 0.230 e. The third-order valence-corrected chi connectivity index (χ3v) is 2.97. The van der Waals surface area contributed by atoms with Crippen LogP contribution in [0.5, 0.6) is 11.5 Å². The van der Waals surface area contributed by atoms with E-state index >= 15 is 0 Å². The Morgan fingerprint density at radius 2 is 1.79 bits per heavy atom. The molecule has 1 aromatic carbocycles. The molecule has 4 nitrogen and oxygen atoms in total. The maximum absolute atomic E-state index is 11.9. The number of ether oxygens (including phenoxy) is 2. The fourth-order valence-corrected chi connectivity index (χ4v) is 1.92. The zero-order valence-electron chi connectivity index (χ0n) is 11.1. The number of nitrogens with zero attached hydrogens (tertiary/aromatic N) is 1. The minimum absolute atomic E-state index is 0.0831. The summed E-state index contributed by atoms with van der Waals surface area (Å²) in [6.45, 7) is 0. The summed E-state index contributed by atoms with van der Waals surface area (Å²) in [5.74, 6) is 1.47. The first-order valence-electron chi connectivity index (χ1n) is 6.11. The van der Waals surface area contributed by atoms with Gasteiger partial charge in [0.1, 0.15) is 0 Å². The van der Waals surface area contributed by atoms with Gasteiger partial charge < -0.3 is 9.47 Å². The first-order chi connectivity index (χ1) is 9.24. The van der Waals surface area contributed by atoms with Crippen molar-refractivity contribution >= 4 is 5.91 Å². The van der Waals surface area contributed by atoms with Crippen LogP contribution in [-0.4, -0.2) is 24.7 Å². The summed E-state index contributed by atoms with van der Waals surface area (Å²) in [4.78, 5) is 11.9. The lowest BCUT2D eigenvalue weighted by molar-refractivity contribution is 0.0903. The molecule has 0 spiro atoms. The van der Waals surface area contributed by atoms with E-state index in [1.807, 2.05) is 30.3 Å². The van der Waals surface area contributed by atoms with Crippen molar-refractivity contribution in [3.63, 3.8) is 0 Å². The van der Waals surface area contributed by atoms with Crippen LogP contribution in [0.15, 0.2) is 42.7 Å². The maximum atomic E-state index is 11.9. The summed E-state index contributed by atoms with van der Waals surface area (Å²) >= 11 is 0. The molecule has 1 heterocycles. The number of rotatable bonds is 5. The van der Waals surface area contributed by atoms with Crippen LogP contribution in [0.4, 0.5) is 0 Å². The third kappa shape index (κ3) is 3.16. The molecule has 1 aromatic heterocycles. The fraction of sp³-hybridized carbons (Fsp3) is 0.267. The molecule has 19 heavy (non-hydrogen) atoms. The average molecular weight is 259 g/mol. The number of aryl methyl sites for hydroxylation is 1. The quantitative estimate of drug-likeness (QED) is 0.829. The van der Waals surface area contributed by atoms with Crippen molar-refractivity contribution in [2.45, 2.75) is 12.8 Å². The molecule has 2 rings (SSSR count). The van der Waals surface area contributed by atoms with Gasteiger partial charge in [0.25, 0.3) is 0 Å². The Morgan fingerprint density at radius 3 is 2.42 bits per heavy atom. The Balaban J connectivity index is 2.02. The first kappa shape index (κ1) is 13.2. The van der Waals surface area contributed by atoms with Gasteiger partial charge in [0.05, 0.1) is 14.2 Å². The smallest absolute Gasteiger partial charge is 0.230 e. The Bertz CT molecular complexity index is 547. The van der Waals surface area contributed by atoms with Crippen molar-refractivity contribution in [3.05, 3.63) is 48.3 Å². The van der Waals surface area contributed by atoms with Crippen LogP contribution in [-0.2, 0) is 6.42 Å². The molecule has 4 heteroatoms. The molecule has 100 valence electrons. The highest BCUT2D eigenvalue weighted by Gasteiger charge is 2.07. The standard InChI is InChI=1S/C15H17NO3/c1-18-13-7-5-12(11-14(13)19-2)6-8-15(17)16-9-3-4-10-16/h3-5,7,9-11H,6,8H2,1-2H3. The minimum atomic E-state index is 0.0831. The molecule has 0 atom stereocenters. The summed E-state index contributed by atoms with van der Waals surface area (Å²) < 4.78 is 12.0. The van der Waals surface area contributed by atoms with Crippen LogP contribution < -0.4 is 9.47 Å². The van der Waals surface area contributed by atoms with E-state index in [9.17, 15) is 4.79 Å². The van der Waals surface area contributed by atoms with Crippen LogP contribution in [0, 0.1) is 0 Å². The molecule has 0 saturated heterocycles. The van der Waals surface area contributed by atoms with Crippen molar-refractivity contribution < 1.29 is 14.3 Å². The van der Waals surface area contributed by atoms with E-state index in [0.29, 0.717) is 24.3 Å². The van der Waals surface area contributed by atoms with E-state index in [4.69, 9.17) is 9.47 Å². The number of carbonyl (C=O) groups excluding carboxylic acids is 1. The van der Waals surface area contributed by atoms with E-state index in [2.05, 4.69) is 0 Å². The summed E-state index contributed by atoms with van der Waals surface area (Å²) in [6.07, 6.45) is 4.66. The highest BCUT2D eigenvalue weighted by atomic mass is 16.5. The van der Waals surface area contributed by atoms with Gasteiger partial charge in [-0.3, -0.25) is 9.36 Å². The molecule has 0 amide bonds. The van der Waals surface area contributed by atoms with Crippen LogP contribution in [0.1, 0.15) is 16.8 Å². The average Bonchev–Trinajstić information content (AvgIpc) is 2.98. The first-order valence-corrected chi connectivity index (χ1v) is 6.11. The predicted octanol–water partition coefficient (Wildman–Crippen LogP) is 2.78. The molecule has 0 N–H and O–H groups in total. The molecule has 0 fully saturated rings. The number of aromatic nitrogens is 1. The van der Waals surface area contributed by atoms with Gasteiger partial charge in [0, 0.05) is 18.8 Å². The second-order valence-electron chi connectivity index (χ2n) is 4.17. The summed E-state index contributed by atoms with van der Waals surface area (Å²) in [5.41, 5.74) is 1.05. The predicted molar refractivity (Wildman–Crippen MR) is 72.9 cm³/mol. The number of hydrogen-bond donors (Lipinski definition) is 0. The normalized spacial score (nSPS) is 10.2. The van der Waals surface area contributed by atoms with Crippen LogP contribution in [0.25, 0.3) is 0 Å². The van der Waals surface area contributed by atoms with Gasteiger partial charge in [-0.25, -0.2) is 0 Å². The molecule has 0 radical (unpaired) electrons. The number of hydrogen-bond acceptors (Lipinski definition) is 3. The van der Waals surface area contributed by atoms with Crippen LogP contribution >= 0.6 is 0 Å². The van der Waals surface area contributed by atoms with Gasteiger partial charge in [-0.1, -0.05) is 6.07 Å². The number of carbonyl (C=O) groups is 1. The van der Waals surface area contributed by atoms with Gasteiger partial charge in [0.15, 0.2) is 11.5 Å². The fourth-order valence-electron chi connectivity index (χ4n) is 1.92.